The second-order valence-corrected chi connectivity index (χ2v) is 5.57. The van der Waals surface area contributed by atoms with E-state index in [2.05, 4.69) is 25.6 Å². The molecule has 0 aliphatic carbocycles. The van der Waals surface area contributed by atoms with Crippen molar-refractivity contribution in [3.63, 3.8) is 0 Å². The van der Waals surface area contributed by atoms with Crippen LogP contribution in [0.4, 0.5) is 5.95 Å². The quantitative estimate of drug-likeness (QED) is 0.812. The number of aromatic nitrogens is 3. The summed E-state index contributed by atoms with van der Waals surface area (Å²) in [7, 11) is 1.78. The number of hydrogen-bond donors (Lipinski definition) is 2. The minimum Gasteiger partial charge on any atom is -0.317 e. The minimum atomic E-state index is -0.0187. The first kappa shape index (κ1) is 13.5. The lowest BCUT2D eigenvalue weighted by Crippen LogP contribution is -2.49. The molecule has 2 fully saturated rings. The smallest absolute Gasteiger partial charge is 0.244 e. The van der Waals surface area contributed by atoms with E-state index in [1.807, 2.05) is 0 Å². The predicted molar refractivity (Wildman–Crippen MR) is 75.3 cm³/mol. The van der Waals surface area contributed by atoms with Crippen LogP contribution >= 0.6 is 0 Å². The van der Waals surface area contributed by atoms with Crippen LogP contribution in [0, 0.1) is 0 Å². The lowest BCUT2D eigenvalue weighted by Gasteiger charge is -2.35. The Kier molecular flexibility index (Phi) is 3.98. The number of amides is 1. The summed E-state index contributed by atoms with van der Waals surface area (Å²) in [4.78, 5) is 18.9. The molecule has 1 aromatic rings. The molecule has 7 nitrogen and oxygen atoms in total. The van der Waals surface area contributed by atoms with E-state index in [0.29, 0.717) is 12.0 Å². The van der Waals surface area contributed by atoms with Gasteiger partial charge in [-0.2, -0.15) is 10.1 Å². The van der Waals surface area contributed by atoms with Gasteiger partial charge in [-0.15, -0.1) is 0 Å². The van der Waals surface area contributed by atoms with Crippen molar-refractivity contribution in [3.8, 4) is 0 Å². The summed E-state index contributed by atoms with van der Waals surface area (Å²) >= 11 is 0. The Balaban J connectivity index is 1.65. The van der Waals surface area contributed by atoms with Gasteiger partial charge in [0.05, 0.1) is 6.04 Å². The maximum Gasteiger partial charge on any atom is 0.244 e. The fraction of sp³-hybridized carbons (Fsp3) is 0.769. The molecule has 3 rings (SSSR count). The van der Waals surface area contributed by atoms with Gasteiger partial charge in [-0.25, -0.2) is 4.68 Å². The molecule has 1 atom stereocenters. The molecule has 110 valence electrons. The van der Waals surface area contributed by atoms with E-state index < -0.39 is 0 Å². The Bertz CT molecular complexity index is 467. The maximum absolute atomic E-state index is 12.5. The van der Waals surface area contributed by atoms with E-state index >= 15 is 0 Å². The zero-order valence-corrected chi connectivity index (χ0v) is 11.9. The summed E-state index contributed by atoms with van der Waals surface area (Å²) in [5.74, 6) is 0.573. The van der Waals surface area contributed by atoms with Crippen LogP contribution < -0.4 is 10.6 Å². The van der Waals surface area contributed by atoms with Gasteiger partial charge in [0, 0.05) is 13.1 Å². The van der Waals surface area contributed by atoms with E-state index in [0.717, 1.165) is 45.3 Å². The molecule has 0 spiro atoms. The molecule has 7 heteroatoms. The number of nitrogens with zero attached hydrogens (tertiary/aromatic N) is 4. The van der Waals surface area contributed by atoms with E-state index in [9.17, 15) is 4.79 Å². The first-order chi connectivity index (χ1) is 9.75. The highest BCUT2D eigenvalue weighted by Crippen LogP contribution is 2.25. The molecule has 2 saturated heterocycles. The molecule has 0 radical (unpaired) electrons. The van der Waals surface area contributed by atoms with Gasteiger partial charge in [-0.3, -0.25) is 15.0 Å². The van der Waals surface area contributed by atoms with Crippen molar-refractivity contribution in [2.45, 2.75) is 37.8 Å². The Morgan fingerprint density at radius 2 is 2.20 bits per heavy atom. The second kappa shape index (κ2) is 5.88. The lowest BCUT2D eigenvalue weighted by atomic mass is 10.0. The average molecular weight is 278 g/mol. The Hall–Kier alpha value is -1.47. The molecule has 0 saturated carbocycles. The number of hydrogen-bond acceptors (Lipinski definition) is 5. The Morgan fingerprint density at radius 1 is 1.40 bits per heavy atom. The van der Waals surface area contributed by atoms with Crippen molar-refractivity contribution < 1.29 is 4.79 Å². The number of likely N-dealkylation sites (tertiary alicyclic amines) is 1. The van der Waals surface area contributed by atoms with Gasteiger partial charge in [-0.1, -0.05) is 0 Å². The molecular weight excluding hydrogens is 256 g/mol. The third-order valence-corrected chi connectivity index (χ3v) is 4.32. The molecule has 0 aromatic carbocycles. The molecule has 2 aliphatic heterocycles. The number of carbonyl (C=O) groups excluding carboxylic acids is 1. The Labute approximate surface area is 118 Å². The highest BCUT2D eigenvalue weighted by molar-refractivity contribution is 5.93. The molecule has 1 amide bonds. The average Bonchev–Trinajstić information content (AvgIpc) is 3.09. The van der Waals surface area contributed by atoms with Crippen LogP contribution in [0.5, 0.6) is 0 Å². The van der Waals surface area contributed by atoms with E-state index in [1.54, 1.807) is 11.7 Å². The summed E-state index contributed by atoms with van der Waals surface area (Å²) in [6.45, 7) is 3.14. The number of nitrogens with one attached hydrogen (secondary N) is 2. The maximum atomic E-state index is 12.5. The van der Waals surface area contributed by atoms with Gasteiger partial charge in [0.1, 0.15) is 6.33 Å². The van der Waals surface area contributed by atoms with Crippen LogP contribution in [0.15, 0.2) is 6.33 Å². The minimum absolute atomic E-state index is 0.0187. The SMILES string of the molecule is Cn1ncnc1NC(=O)C1CCCN1C1CCNCC1. The highest BCUT2D eigenvalue weighted by atomic mass is 16.2. The molecule has 1 aromatic heterocycles. The zero-order chi connectivity index (χ0) is 13.9. The number of piperidine rings is 1. The highest BCUT2D eigenvalue weighted by Gasteiger charge is 2.36. The third-order valence-electron chi connectivity index (χ3n) is 4.32. The number of carbonyl (C=O) groups is 1. The summed E-state index contributed by atoms with van der Waals surface area (Å²) in [6, 6.07) is 0.517. The van der Waals surface area contributed by atoms with Crippen LogP contribution in [0.2, 0.25) is 0 Å². The molecule has 20 heavy (non-hydrogen) atoms. The fourth-order valence-corrected chi connectivity index (χ4v) is 3.25. The number of aryl methyl sites for hydroxylation is 1. The van der Waals surface area contributed by atoms with Gasteiger partial charge >= 0.3 is 0 Å². The van der Waals surface area contributed by atoms with Gasteiger partial charge in [0.25, 0.3) is 0 Å². The summed E-state index contributed by atoms with van der Waals surface area (Å²) in [5, 5.41) is 10.2. The number of rotatable bonds is 3. The lowest BCUT2D eigenvalue weighted by molar-refractivity contribution is -0.121. The topological polar surface area (TPSA) is 75.1 Å². The summed E-state index contributed by atoms with van der Waals surface area (Å²) in [6.07, 6.45) is 5.75. The van der Waals surface area contributed by atoms with Crippen LogP contribution in [0.25, 0.3) is 0 Å². The zero-order valence-electron chi connectivity index (χ0n) is 11.9. The van der Waals surface area contributed by atoms with E-state index in [1.165, 1.54) is 6.33 Å². The standard InChI is InChI=1S/C13H22N6O/c1-18-13(15-9-16-18)17-12(20)11-3-2-8-19(11)10-4-6-14-7-5-10/h9-11,14H,2-8H2,1H3,(H,15,16,17,20). The van der Waals surface area contributed by atoms with Crippen LogP contribution in [-0.2, 0) is 11.8 Å². The van der Waals surface area contributed by atoms with Gasteiger partial charge in [0.2, 0.25) is 11.9 Å². The summed E-state index contributed by atoms with van der Waals surface area (Å²) in [5.41, 5.74) is 0. The van der Waals surface area contributed by atoms with Crippen molar-refractivity contribution in [1.29, 1.82) is 0 Å². The van der Waals surface area contributed by atoms with Crippen molar-refractivity contribution in [2.24, 2.45) is 7.05 Å². The van der Waals surface area contributed by atoms with E-state index in [-0.39, 0.29) is 11.9 Å². The largest absolute Gasteiger partial charge is 0.317 e. The molecular formula is C13H22N6O. The first-order valence-electron chi connectivity index (χ1n) is 7.37. The van der Waals surface area contributed by atoms with Crippen molar-refractivity contribution in [2.75, 3.05) is 25.0 Å². The van der Waals surface area contributed by atoms with Gasteiger partial charge < -0.3 is 5.32 Å². The third kappa shape index (κ3) is 2.69. The number of anilines is 1. The van der Waals surface area contributed by atoms with Gasteiger partial charge in [0.15, 0.2) is 0 Å². The first-order valence-corrected chi connectivity index (χ1v) is 7.37. The molecule has 0 bridgehead atoms. The van der Waals surface area contributed by atoms with Crippen LogP contribution in [0.3, 0.4) is 0 Å². The van der Waals surface area contributed by atoms with Gasteiger partial charge in [-0.05, 0) is 45.3 Å². The molecule has 2 N–H and O–H groups in total. The van der Waals surface area contributed by atoms with Crippen molar-refractivity contribution >= 4 is 11.9 Å². The monoisotopic (exact) mass is 278 g/mol. The second-order valence-electron chi connectivity index (χ2n) is 5.57. The molecule has 2 aliphatic rings. The molecule has 3 heterocycles. The molecule has 1 unspecified atom stereocenters. The van der Waals surface area contributed by atoms with Crippen molar-refractivity contribution in [1.82, 2.24) is 25.0 Å². The van der Waals surface area contributed by atoms with E-state index in [4.69, 9.17) is 0 Å². The normalized spacial score (nSPS) is 24.9. The predicted octanol–water partition coefficient (Wildman–Crippen LogP) is -0.0300. The van der Waals surface area contributed by atoms with Crippen molar-refractivity contribution in [3.05, 3.63) is 6.33 Å². The Morgan fingerprint density at radius 3 is 2.90 bits per heavy atom. The van der Waals surface area contributed by atoms with Crippen LogP contribution in [-0.4, -0.2) is 57.3 Å². The summed E-state index contributed by atoms with van der Waals surface area (Å²) < 4.78 is 1.59. The van der Waals surface area contributed by atoms with Crippen LogP contribution in [0.1, 0.15) is 25.7 Å². The fourth-order valence-electron chi connectivity index (χ4n) is 3.25.